The Morgan fingerprint density at radius 1 is 1.50 bits per heavy atom. The number of amides is 1. The maximum atomic E-state index is 11.3. The van der Waals surface area contributed by atoms with Crippen LogP contribution in [-0.4, -0.2) is 17.1 Å². The molecule has 1 aliphatic carbocycles. The van der Waals surface area contributed by atoms with E-state index in [1.165, 1.54) is 18.2 Å². The molecule has 2 rings (SSSR count). The van der Waals surface area contributed by atoms with E-state index in [4.69, 9.17) is 0 Å². The summed E-state index contributed by atoms with van der Waals surface area (Å²) in [4.78, 5) is 11.3. The molecule has 1 aliphatic rings. The fourth-order valence-electron chi connectivity index (χ4n) is 2.07. The number of alkyl carbamates (subject to hydrolysis) is 1. The summed E-state index contributed by atoms with van der Waals surface area (Å²) in [5, 5.41) is 2.91. The number of aryl methyl sites for hydroxylation is 1. The van der Waals surface area contributed by atoms with Crippen molar-refractivity contribution in [3.05, 3.63) is 35.4 Å². The molecule has 0 unspecified atom stereocenters. The monoisotopic (exact) mass is 331 g/mol. The van der Waals surface area contributed by atoms with Gasteiger partial charge in [0.05, 0.1) is 13.2 Å². The summed E-state index contributed by atoms with van der Waals surface area (Å²) in [7, 11) is 1.40. The van der Waals surface area contributed by atoms with Crippen molar-refractivity contribution in [2.75, 3.05) is 7.11 Å². The lowest BCUT2D eigenvalue weighted by Gasteiger charge is -2.30. The van der Waals surface area contributed by atoms with Crippen LogP contribution in [0.25, 0.3) is 0 Å². The summed E-state index contributed by atoms with van der Waals surface area (Å²) in [5.74, 6) is 0. The van der Waals surface area contributed by atoms with Crippen molar-refractivity contribution >= 4 is 28.7 Å². The number of carbonyl (C=O) groups is 1. The number of alkyl halides is 1. The van der Waals surface area contributed by atoms with Crippen LogP contribution < -0.4 is 5.32 Å². The van der Waals surface area contributed by atoms with Gasteiger partial charge in [0.25, 0.3) is 0 Å². The molecule has 1 aromatic carbocycles. The highest BCUT2D eigenvalue weighted by Crippen LogP contribution is 2.34. The van der Waals surface area contributed by atoms with Gasteiger partial charge in [0.15, 0.2) is 0 Å². The lowest BCUT2D eigenvalue weighted by atomic mass is 9.88. The summed E-state index contributed by atoms with van der Waals surface area (Å²) in [6.07, 6.45) is 1.82. The third-order valence-corrected chi connectivity index (χ3v) is 4.24. The Balaban J connectivity index is 2.26. The van der Waals surface area contributed by atoms with Crippen LogP contribution in [-0.2, 0) is 11.2 Å². The maximum absolute atomic E-state index is 11.3. The molecular formula is C12H14INO2. The van der Waals surface area contributed by atoms with Gasteiger partial charge in [-0.3, -0.25) is 0 Å². The van der Waals surface area contributed by atoms with Crippen LogP contribution in [0.4, 0.5) is 4.79 Å². The largest absolute Gasteiger partial charge is 0.453 e. The highest BCUT2D eigenvalue weighted by atomic mass is 127. The third kappa shape index (κ3) is 2.31. The first-order valence-electron chi connectivity index (χ1n) is 5.28. The van der Waals surface area contributed by atoms with Gasteiger partial charge in [-0.15, -0.1) is 0 Å². The van der Waals surface area contributed by atoms with E-state index in [1.807, 2.05) is 12.1 Å². The maximum Gasteiger partial charge on any atom is 0.407 e. The van der Waals surface area contributed by atoms with Crippen molar-refractivity contribution in [2.24, 2.45) is 0 Å². The normalized spacial score (nSPS) is 23.4. The summed E-state index contributed by atoms with van der Waals surface area (Å²) in [6.45, 7) is 0. The number of fused-ring (bicyclic) bond motifs is 1. The fraction of sp³-hybridized carbons (Fsp3) is 0.417. The van der Waals surface area contributed by atoms with Crippen LogP contribution in [0.3, 0.4) is 0 Å². The van der Waals surface area contributed by atoms with Gasteiger partial charge in [0.1, 0.15) is 0 Å². The second-order valence-electron chi connectivity index (χ2n) is 3.87. The average molecular weight is 331 g/mol. The third-order valence-electron chi connectivity index (χ3n) is 2.90. The topological polar surface area (TPSA) is 38.3 Å². The van der Waals surface area contributed by atoms with Crippen LogP contribution in [0.2, 0.25) is 0 Å². The zero-order valence-electron chi connectivity index (χ0n) is 9.07. The number of methoxy groups -OCH3 is 1. The Kier molecular flexibility index (Phi) is 3.68. The van der Waals surface area contributed by atoms with Gasteiger partial charge in [-0.2, -0.15) is 0 Å². The molecule has 0 radical (unpaired) electrons. The van der Waals surface area contributed by atoms with Gasteiger partial charge in [-0.25, -0.2) is 4.79 Å². The Labute approximate surface area is 109 Å². The SMILES string of the molecule is COC(=O)N[C@H]1c2ccccc2CC[C@H]1I. The predicted molar refractivity (Wildman–Crippen MR) is 70.9 cm³/mol. The molecule has 0 bridgehead atoms. The molecule has 0 aromatic heterocycles. The van der Waals surface area contributed by atoms with E-state index in [-0.39, 0.29) is 12.1 Å². The quantitative estimate of drug-likeness (QED) is 0.635. The molecular weight excluding hydrogens is 317 g/mol. The lowest BCUT2D eigenvalue weighted by Crippen LogP contribution is -2.36. The van der Waals surface area contributed by atoms with Crippen LogP contribution in [0, 0.1) is 0 Å². The molecule has 0 saturated carbocycles. The standard InChI is InChI=1S/C12H14INO2/c1-16-12(15)14-11-9-5-3-2-4-8(9)6-7-10(11)13/h2-5,10-11H,6-7H2,1H3,(H,14,15)/t10-,11+/m1/s1. The highest BCUT2D eigenvalue weighted by molar-refractivity contribution is 14.1. The van der Waals surface area contributed by atoms with Crippen molar-refractivity contribution in [1.82, 2.24) is 5.32 Å². The Morgan fingerprint density at radius 2 is 2.25 bits per heavy atom. The second kappa shape index (κ2) is 5.03. The van der Waals surface area contributed by atoms with E-state index in [9.17, 15) is 4.79 Å². The zero-order chi connectivity index (χ0) is 11.5. The van der Waals surface area contributed by atoms with Crippen LogP contribution in [0.1, 0.15) is 23.6 Å². The molecule has 0 saturated heterocycles. The van der Waals surface area contributed by atoms with Crippen molar-refractivity contribution in [2.45, 2.75) is 22.8 Å². The molecule has 1 aromatic rings. The smallest absolute Gasteiger partial charge is 0.407 e. The average Bonchev–Trinajstić information content (AvgIpc) is 2.32. The molecule has 0 fully saturated rings. The number of hydrogen-bond donors (Lipinski definition) is 1. The van der Waals surface area contributed by atoms with E-state index >= 15 is 0 Å². The first-order valence-corrected chi connectivity index (χ1v) is 6.53. The molecule has 1 amide bonds. The van der Waals surface area contributed by atoms with E-state index in [0.29, 0.717) is 3.92 Å². The van der Waals surface area contributed by atoms with E-state index in [1.54, 1.807) is 0 Å². The van der Waals surface area contributed by atoms with Gasteiger partial charge >= 0.3 is 6.09 Å². The first kappa shape index (κ1) is 11.7. The molecule has 16 heavy (non-hydrogen) atoms. The molecule has 2 atom stereocenters. The Hall–Kier alpha value is -0.780. The summed E-state index contributed by atoms with van der Waals surface area (Å²) < 4.78 is 5.09. The number of halogens is 1. The highest BCUT2D eigenvalue weighted by Gasteiger charge is 2.28. The van der Waals surface area contributed by atoms with Gasteiger partial charge in [0.2, 0.25) is 0 Å². The Morgan fingerprint density at radius 3 is 3.00 bits per heavy atom. The number of benzene rings is 1. The molecule has 0 aliphatic heterocycles. The number of nitrogens with one attached hydrogen (secondary N) is 1. The zero-order valence-corrected chi connectivity index (χ0v) is 11.2. The molecule has 86 valence electrons. The first-order chi connectivity index (χ1) is 7.72. The number of hydrogen-bond acceptors (Lipinski definition) is 2. The van der Waals surface area contributed by atoms with E-state index in [2.05, 4.69) is 44.8 Å². The molecule has 1 N–H and O–H groups in total. The van der Waals surface area contributed by atoms with Crippen LogP contribution >= 0.6 is 22.6 Å². The van der Waals surface area contributed by atoms with E-state index < -0.39 is 0 Å². The van der Waals surface area contributed by atoms with Crippen molar-refractivity contribution in [3.63, 3.8) is 0 Å². The molecule has 0 heterocycles. The van der Waals surface area contributed by atoms with Gasteiger partial charge in [0, 0.05) is 3.92 Å². The molecule has 3 nitrogen and oxygen atoms in total. The van der Waals surface area contributed by atoms with Crippen molar-refractivity contribution in [3.8, 4) is 0 Å². The minimum atomic E-state index is -0.358. The molecule has 0 spiro atoms. The minimum Gasteiger partial charge on any atom is -0.453 e. The van der Waals surface area contributed by atoms with Crippen LogP contribution in [0.5, 0.6) is 0 Å². The van der Waals surface area contributed by atoms with E-state index in [0.717, 1.165) is 12.8 Å². The summed E-state index contributed by atoms with van der Waals surface area (Å²) in [5.41, 5.74) is 2.55. The fourth-order valence-corrected chi connectivity index (χ4v) is 2.95. The van der Waals surface area contributed by atoms with Gasteiger partial charge in [-0.1, -0.05) is 46.9 Å². The second-order valence-corrected chi connectivity index (χ2v) is 5.47. The number of carbonyl (C=O) groups excluding carboxylic acids is 1. The van der Waals surface area contributed by atoms with Crippen molar-refractivity contribution < 1.29 is 9.53 Å². The number of ether oxygens (including phenoxy) is 1. The minimum absolute atomic E-state index is 0.0676. The predicted octanol–water partition coefficient (Wildman–Crippen LogP) is 2.83. The molecule has 4 heteroatoms. The lowest BCUT2D eigenvalue weighted by molar-refractivity contribution is 0.166. The van der Waals surface area contributed by atoms with Gasteiger partial charge < -0.3 is 10.1 Å². The Bertz CT molecular complexity index is 394. The number of rotatable bonds is 1. The summed E-state index contributed by atoms with van der Waals surface area (Å²) in [6, 6.07) is 8.34. The van der Waals surface area contributed by atoms with Gasteiger partial charge in [-0.05, 0) is 24.0 Å². The van der Waals surface area contributed by atoms with Crippen molar-refractivity contribution in [1.29, 1.82) is 0 Å². The van der Waals surface area contributed by atoms with Crippen LogP contribution in [0.15, 0.2) is 24.3 Å². The summed E-state index contributed by atoms with van der Waals surface area (Å²) >= 11 is 2.40.